The van der Waals surface area contributed by atoms with E-state index in [1.807, 2.05) is 0 Å². The van der Waals surface area contributed by atoms with Crippen molar-refractivity contribution in [2.45, 2.75) is 6.92 Å². The van der Waals surface area contributed by atoms with E-state index in [2.05, 4.69) is 0 Å². The van der Waals surface area contributed by atoms with Gasteiger partial charge in [-0.15, -0.1) is 0 Å². The van der Waals surface area contributed by atoms with Crippen molar-refractivity contribution >= 4 is 12.3 Å². The molecular formula is C7H8O3. The van der Waals surface area contributed by atoms with E-state index in [-0.39, 0.29) is 0 Å². The molecule has 0 aromatic carbocycles. The van der Waals surface area contributed by atoms with E-state index >= 15 is 0 Å². The lowest BCUT2D eigenvalue weighted by molar-refractivity contribution is -0.131. The number of carbonyl (C=O) groups excluding carboxylic acids is 1. The van der Waals surface area contributed by atoms with Crippen molar-refractivity contribution in [3.05, 3.63) is 23.8 Å². The Morgan fingerprint density at radius 2 is 2.10 bits per heavy atom. The zero-order valence-corrected chi connectivity index (χ0v) is 5.57. The molecule has 3 heteroatoms. The highest BCUT2D eigenvalue weighted by molar-refractivity contribution is 5.81. The summed E-state index contributed by atoms with van der Waals surface area (Å²) in [5.41, 5.74) is 0.541. The lowest BCUT2D eigenvalue weighted by Crippen LogP contribution is -1.87. The Kier molecular flexibility index (Phi) is 3.87. The maximum Gasteiger partial charge on any atom is 0.328 e. The lowest BCUT2D eigenvalue weighted by Gasteiger charge is -1.84. The van der Waals surface area contributed by atoms with Crippen molar-refractivity contribution < 1.29 is 14.7 Å². The number of hydrogen-bond donors (Lipinski definition) is 1. The Labute approximate surface area is 58.7 Å². The van der Waals surface area contributed by atoms with Gasteiger partial charge < -0.3 is 5.11 Å². The molecule has 0 bridgehead atoms. The molecule has 10 heavy (non-hydrogen) atoms. The van der Waals surface area contributed by atoms with Gasteiger partial charge in [0.25, 0.3) is 0 Å². The first-order valence-electron chi connectivity index (χ1n) is 2.70. The minimum absolute atomic E-state index is 0.541. The third-order valence-corrected chi connectivity index (χ3v) is 0.789. The zero-order valence-electron chi connectivity index (χ0n) is 5.57. The maximum atomic E-state index is 9.97. The fraction of sp³-hybridized carbons (Fsp3) is 0.143. The molecule has 0 aliphatic carbocycles. The molecule has 0 aromatic rings. The Balaban J connectivity index is 4.06. The van der Waals surface area contributed by atoms with Crippen LogP contribution in [-0.4, -0.2) is 17.4 Å². The third-order valence-electron chi connectivity index (χ3n) is 0.789. The number of allylic oxidation sites excluding steroid dienone is 3. The Morgan fingerprint density at radius 1 is 1.50 bits per heavy atom. The summed E-state index contributed by atoms with van der Waals surface area (Å²) in [6, 6.07) is 0. The highest BCUT2D eigenvalue weighted by Gasteiger charge is 1.87. The van der Waals surface area contributed by atoms with Crippen LogP contribution < -0.4 is 0 Å². The summed E-state index contributed by atoms with van der Waals surface area (Å²) in [4.78, 5) is 19.7. The summed E-state index contributed by atoms with van der Waals surface area (Å²) in [6.45, 7) is 1.61. The van der Waals surface area contributed by atoms with Crippen molar-refractivity contribution in [3.8, 4) is 0 Å². The zero-order chi connectivity index (χ0) is 7.98. The molecule has 0 spiro atoms. The Bertz CT molecular complexity index is 189. The van der Waals surface area contributed by atoms with Crippen LogP contribution in [0.15, 0.2) is 23.8 Å². The molecule has 0 aliphatic rings. The van der Waals surface area contributed by atoms with Gasteiger partial charge >= 0.3 is 5.97 Å². The summed E-state index contributed by atoms with van der Waals surface area (Å²) in [6.07, 6.45) is 4.30. The fourth-order valence-electron chi connectivity index (χ4n) is 0.434. The van der Waals surface area contributed by atoms with Gasteiger partial charge in [0.05, 0.1) is 0 Å². The largest absolute Gasteiger partial charge is 0.478 e. The van der Waals surface area contributed by atoms with E-state index in [0.29, 0.717) is 11.9 Å². The quantitative estimate of drug-likeness (QED) is 0.358. The van der Waals surface area contributed by atoms with Gasteiger partial charge in [-0.1, -0.05) is 6.08 Å². The molecule has 54 valence electrons. The van der Waals surface area contributed by atoms with Crippen LogP contribution in [0.1, 0.15) is 6.92 Å². The topological polar surface area (TPSA) is 54.4 Å². The number of carboxylic acid groups (broad SMARTS) is 1. The Morgan fingerprint density at radius 3 is 2.50 bits per heavy atom. The van der Waals surface area contributed by atoms with E-state index in [4.69, 9.17) is 5.11 Å². The van der Waals surface area contributed by atoms with Crippen LogP contribution >= 0.6 is 0 Å². The number of aldehydes is 1. The first-order valence-corrected chi connectivity index (χ1v) is 2.70. The van der Waals surface area contributed by atoms with Gasteiger partial charge in [0, 0.05) is 6.08 Å². The molecular weight excluding hydrogens is 132 g/mol. The molecule has 0 unspecified atom stereocenters. The monoisotopic (exact) mass is 140 g/mol. The number of hydrogen-bond acceptors (Lipinski definition) is 2. The molecule has 0 heterocycles. The van der Waals surface area contributed by atoms with Crippen LogP contribution in [0.2, 0.25) is 0 Å². The smallest absolute Gasteiger partial charge is 0.328 e. The van der Waals surface area contributed by atoms with Crippen LogP contribution in [0.5, 0.6) is 0 Å². The number of rotatable bonds is 3. The molecule has 0 aliphatic heterocycles. The highest BCUT2D eigenvalue weighted by Crippen LogP contribution is 1.92. The summed E-state index contributed by atoms with van der Waals surface area (Å²) in [5, 5.41) is 8.18. The predicted molar refractivity (Wildman–Crippen MR) is 36.6 cm³/mol. The van der Waals surface area contributed by atoms with Crippen molar-refractivity contribution in [2.24, 2.45) is 0 Å². The summed E-state index contributed by atoms with van der Waals surface area (Å²) >= 11 is 0. The molecule has 0 rings (SSSR count). The van der Waals surface area contributed by atoms with Crippen molar-refractivity contribution in [1.82, 2.24) is 0 Å². The van der Waals surface area contributed by atoms with Crippen LogP contribution in [0, 0.1) is 0 Å². The van der Waals surface area contributed by atoms with Crippen LogP contribution in [0.4, 0.5) is 0 Å². The van der Waals surface area contributed by atoms with E-state index in [1.54, 1.807) is 6.92 Å². The van der Waals surface area contributed by atoms with E-state index in [9.17, 15) is 9.59 Å². The van der Waals surface area contributed by atoms with Gasteiger partial charge in [0.2, 0.25) is 0 Å². The minimum Gasteiger partial charge on any atom is -0.478 e. The maximum absolute atomic E-state index is 9.97. The van der Waals surface area contributed by atoms with Crippen molar-refractivity contribution in [3.63, 3.8) is 0 Å². The average molecular weight is 140 g/mol. The third kappa shape index (κ3) is 4.77. The second-order valence-corrected chi connectivity index (χ2v) is 1.72. The number of aliphatic carboxylic acids is 1. The highest BCUT2D eigenvalue weighted by atomic mass is 16.4. The minimum atomic E-state index is -1.01. The van der Waals surface area contributed by atoms with Gasteiger partial charge in [0.15, 0.2) is 0 Å². The SMILES string of the molecule is CC(=C/C(=O)O)/C=C/C=O. The van der Waals surface area contributed by atoms with Crippen LogP contribution in [0.25, 0.3) is 0 Å². The van der Waals surface area contributed by atoms with E-state index in [0.717, 1.165) is 6.08 Å². The lowest BCUT2D eigenvalue weighted by atomic mass is 10.2. The summed E-state index contributed by atoms with van der Waals surface area (Å²) in [7, 11) is 0. The van der Waals surface area contributed by atoms with Crippen LogP contribution in [-0.2, 0) is 9.59 Å². The molecule has 0 fully saturated rings. The van der Waals surface area contributed by atoms with E-state index < -0.39 is 5.97 Å². The first-order chi connectivity index (χ1) is 4.66. The van der Waals surface area contributed by atoms with Gasteiger partial charge in [-0.3, -0.25) is 4.79 Å². The number of carbonyl (C=O) groups is 2. The molecule has 3 nitrogen and oxygen atoms in total. The predicted octanol–water partition coefficient (Wildman–Crippen LogP) is 0.772. The van der Waals surface area contributed by atoms with Gasteiger partial charge in [-0.25, -0.2) is 4.79 Å². The van der Waals surface area contributed by atoms with E-state index in [1.165, 1.54) is 12.2 Å². The average Bonchev–Trinajstić information content (AvgIpc) is 1.82. The summed E-state index contributed by atoms with van der Waals surface area (Å²) < 4.78 is 0. The molecule has 1 N–H and O–H groups in total. The van der Waals surface area contributed by atoms with Crippen molar-refractivity contribution in [1.29, 1.82) is 0 Å². The standard InChI is InChI=1S/C7H8O3/c1-6(3-2-4-8)5-7(9)10/h2-5H,1H3,(H,9,10)/b3-2+,6-5-. The summed E-state index contributed by atoms with van der Waals surface area (Å²) in [5.74, 6) is -1.01. The fourth-order valence-corrected chi connectivity index (χ4v) is 0.434. The normalized spacial score (nSPS) is 11.9. The van der Waals surface area contributed by atoms with Crippen LogP contribution in [0.3, 0.4) is 0 Å². The second kappa shape index (κ2) is 4.49. The second-order valence-electron chi connectivity index (χ2n) is 1.72. The van der Waals surface area contributed by atoms with Gasteiger partial charge in [-0.2, -0.15) is 0 Å². The molecule has 0 amide bonds. The Hall–Kier alpha value is -1.38. The number of carboxylic acids is 1. The first kappa shape index (κ1) is 8.62. The van der Waals surface area contributed by atoms with Gasteiger partial charge in [0.1, 0.15) is 6.29 Å². The molecule has 0 atom stereocenters. The van der Waals surface area contributed by atoms with Gasteiger partial charge in [-0.05, 0) is 18.6 Å². The molecule has 0 saturated heterocycles. The van der Waals surface area contributed by atoms with Crippen molar-refractivity contribution in [2.75, 3.05) is 0 Å². The molecule has 0 saturated carbocycles. The molecule has 0 radical (unpaired) electrons. The molecule has 0 aromatic heterocycles.